The Kier molecular flexibility index (Phi) is 6.40. The van der Waals surface area contributed by atoms with Gasteiger partial charge in [-0.3, -0.25) is 0 Å². The molecule has 0 nitrogen and oxygen atoms in total. The fourth-order valence-corrected chi connectivity index (χ4v) is 0.857. The largest absolute Gasteiger partial charge is 0.106 e. The van der Waals surface area contributed by atoms with E-state index < -0.39 is 0 Å². The molecule has 0 bridgehead atoms. The van der Waals surface area contributed by atoms with Gasteiger partial charge in [0.15, 0.2) is 0 Å². The van der Waals surface area contributed by atoms with Crippen molar-refractivity contribution in [1.82, 2.24) is 0 Å². The molecule has 0 spiro atoms. The van der Waals surface area contributed by atoms with E-state index in [4.69, 9.17) is 0 Å². The van der Waals surface area contributed by atoms with Crippen LogP contribution in [0.3, 0.4) is 0 Å². The summed E-state index contributed by atoms with van der Waals surface area (Å²) in [6.07, 6.45) is 13.1. The smallest absolute Gasteiger partial charge is 0.00944 e. The van der Waals surface area contributed by atoms with Crippen molar-refractivity contribution in [2.45, 2.75) is 19.8 Å². The van der Waals surface area contributed by atoms with Gasteiger partial charge < -0.3 is 0 Å². The molecule has 0 heterocycles. The van der Waals surface area contributed by atoms with Gasteiger partial charge in [-0.25, -0.2) is 0 Å². The van der Waals surface area contributed by atoms with Crippen LogP contribution in [0, 0.1) is 0 Å². The van der Waals surface area contributed by atoms with Gasteiger partial charge in [-0.05, 0) is 18.4 Å². The molecular weight excluding hydrogens is 132 g/mol. The van der Waals surface area contributed by atoms with Crippen molar-refractivity contribution >= 4 is 0 Å². The van der Waals surface area contributed by atoms with Crippen molar-refractivity contribution in [3.05, 3.63) is 49.1 Å². The van der Waals surface area contributed by atoms with Gasteiger partial charge in [0.2, 0.25) is 0 Å². The minimum absolute atomic E-state index is 1.12. The molecule has 0 aromatic heterocycles. The number of hydrogen-bond donors (Lipinski definition) is 0. The third-order valence-electron chi connectivity index (χ3n) is 1.37. The van der Waals surface area contributed by atoms with E-state index in [0.29, 0.717) is 0 Å². The summed E-state index contributed by atoms with van der Waals surface area (Å²) in [5, 5.41) is 0. The highest BCUT2D eigenvalue weighted by Crippen LogP contribution is 2.11. The molecule has 0 aliphatic heterocycles. The fraction of sp³-hybridized carbons (Fsp3) is 0.273. The van der Waals surface area contributed by atoms with Crippen molar-refractivity contribution in [2.24, 2.45) is 0 Å². The normalized spacial score (nSPS) is 14.5. The van der Waals surface area contributed by atoms with E-state index in [2.05, 4.69) is 50.5 Å². The first-order chi connectivity index (χ1) is 5.43. The Labute approximate surface area is 69.6 Å². The first-order valence-electron chi connectivity index (χ1n) is 3.95. The number of hydrogen-bond acceptors (Lipinski definition) is 0. The van der Waals surface area contributed by atoms with Crippen molar-refractivity contribution in [2.75, 3.05) is 0 Å². The molecule has 0 N–H and O–H groups in total. The summed E-state index contributed by atoms with van der Waals surface area (Å²) < 4.78 is 0. The maximum Gasteiger partial charge on any atom is -0.00944 e. The third kappa shape index (κ3) is 4.38. The molecule has 0 saturated heterocycles. The van der Waals surface area contributed by atoms with Crippen LogP contribution in [-0.4, -0.2) is 0 Å². The standard InChI is InChI=1S/C9H12.C2H4/c1-2-3-6-9-7-4-5-8-9;1-2/h3-7H,2,8H2,1H3;1-2H2. The molecule has 0 radical (unpaired) electrons. The Bertz CT molecular complexity index is 170. The summed E-state index contributed by atoms with van der Waals surface area (Å²) in [4.78, 5) is 0. The Morgan fingerprint density at radius 3 is 2.73 bits per heavy atom. The van der Waals surface area contributed by atoms with E-state index >= 15 is 0 Å². The molecule has 0 unspecified atom stereocenters. The van der Waals surface area contributed by atoms with E-state index in [1.54, 1.807) is 0 Å². The average Bonchev–Trinajstić information content (AvgIpc) is 2.57. The zero-order valence-electron chi connectivity index (χ0n) is 7.22. The second kappa shape index (κ2) is 7.07. The highest BCUT2D eigenvalue weighted by Gasteiger charge is 1.90. The second-order valence-corrected chi connectivity index (χ2v) is 2.18. The van der Waals surface area contributed by atoms with Crippen molar-refractivity contribution in [1.29, 1.82) is 0 Å². The zero-order chi connectivity index (χ0) is 8.53. The van der Waals surface area contributed by atoms with E-state index in [1.165, 1.54) is 5.57 Å². The van der Waals surface area contributed by atoms with Crippen LogP contribution in [0.15, 0.2) is 49.1 Å². The molecule has 0 amide bonds. The minimum atomic E-state index is 1.12. The monoisotopic (exact) mass is 148 g/mol. The Morgan fingerprint density at radius 1 is 1.55 bits per heavy atom. The lowest BCUT2D eigenvalue weighted by atomic mass is 10.2. The van der Waals surface area contributed by atoms with Gasteiger partial charge in [-0.15, -0.1) is 13.2 Å². The third-order valence-corrected chi connectivity index (χ3v) is 1.37. The summed E-state index contributed by atoms with van der Waals surface area (Å²) in [5.41, 5.74) is 1.43. The van der Waals surface area contributed by atoms with Crippen LogP contribution in [0.25, 0.3) is 0 Å². The first-order valence-corrected chi connectivity index (χ1v) is 3.95. The van der Waals surface area contributed by atoms with Crippen molar-refractivity contribution in [3.63, 3.8) is 0 Å². The fourth-order valence-electron chi connectivity index (χ4n) is 0.857. The van der Waals surface area contributed by atoms with Crippen LogP contribution >= 0.6 is 0 Å². The van der Waals surface area contributed by atoms with E-state index in [9.17, 15) is 0 Å². The maximum absolute atomic E-state index is 3.00. The van der Waals surface area contributed by atoms with Crippen molar-refractivity contribution in [3.8, 4) is 0 Å². The summed E-state index contributed by atoms with van der Waals surface area (Å²) in [7, 11) is 0. The average molecular weight is 148 g/mol. The molecular formula is C11H16. The van der Waals surface area contributed by atoms with Crippen LogP contribution in [0.4, 0.5) is 0 Å². The van der Waals surface area contributed by atoms with Crippen LogP contribution in [0.2, 0.25) is 0 Å². The Morgan fingerprint density at radius 2 is 2.27 bits per heavy atom. The van der Waals surface area contributed by atoms with Gasteiger partial charge in [0.25, 0.3) is 0 Å². The maximum atomic E-state index is 3.00. The SMILES string of the molecule is C=C.CCC=CC1=CC=CC1. The van der Waals surface area contributed by atoms with Crippen LogP contribution in [0.5, 0.6) is 0 Å². The number of allylic oxidation sites excluding steroid dienone is 6. The van der Waals surface area contributed by atoms with Crippen LogP contribution < -0.4 is 0 Å². The lowest BCUT2D eigenvalue weighted by Gasteiger charge is -1.87. The van der Waals surface area contributed by atoms with E-state index in [0.717, 1.165) is 12.8 Å². The lowest BCUT2D eigenvalue weighted by Crippen LogP contribution is -1.67. The second-order valence-electron chi connectivity index (χ2n) is 2.18. The van der Waals surface area contributed by atoms with Crippen molar-refractivity contribution < 1.29 is 0 Å². The minimum Gasteiger partial charge on any atom is -0.106 e. The van der Waals surface area contributed by atoms with Crippen LogP contribution in [0.1, 0.15) is 19.8 Å². The van der Waals surface area contributed by atoms with E-state index in [-0.39, 0.29) is 0 Å². The summed E-state index contributed by atoms with van der Waals surface area (Å²) >= 11 is 0. The van der Waals surface area contributed by atoms with Gasteiger partial charge in [-0.1, -0.05) is 37.3 Å². The van der Waals surface area contributed by atoms with Gasteiger partial charge >= 0.3 is 0 Å². The summed E-state index contributed by atoms with van der Waals surface area (Å²) in [6.45, 7) is 8.15. The molecule has 0 fully saturated rings. The summed E-state index contributed by atoms with van der Waals surface area (Å²) in [6, 6.07) is 0. The predicted octanol–water partition coefficient (Wildman–Crippen LogP) is 3.64. The van der Waals surface area contributed by atoms with E-state index in [1.807, 2.05) is 0 Å². The molecule has 0 saturated carbocycles. The number of rotatable bonds is 2. The van der Waals surface area contributed by atoms with Gasteiger partial charge in [0.05, 0.1) is 0 Å². The quantitative estimate of drug-likeness (QED) is 0.524. The molecule has 1 aliphatic carbocycles. The first kappa shape index (κ1) is 9.96. The van der Waals surface area contributed by atoms with Gasteiger partial charge in [0.1, 0.15) is 0 Å². The highest BCUT2D eigenvalue weighted by molar-refractivity contribution is 5.31. The molecule has 0 aromatic carbocycles. The molecule has 0 heteroatoms. The highest BCUT2D eigenvalue weighted by atomic mass is 14.0. The molecule has 1 aliphatic rings. The van der Waals surface area contributed by atoms with Gasteiger partial charge in [0, 0.05) is 0 Å². The zero-order valence-corrected chi connectivity index (χ0v) is 7.22. The molecule has 11 heavy (non-hydrogen) atoms. The van der Waals surface area contributed by atoms with Crippen LogP contribution in [-0.2, 0) is 0 Å². The summed E-state index contributed by atoms with van der Waals surface area (Å²) in [5.74, 6) is 0. The molecule has 0 aromatic rings. The predicted molar refractivity (Wildman–Crippen MR) is 52.5 cm³/mol. The Balaban J connectivity index is 0.000000461. The lowest BCUT2D eigenvalue weighted by molar-refractivity contribution is 1.21. The Hall–Kier alpha value is -1.04. The topological polar surface area (TPSA) is 0 Å². The molecule has 0 atom stereocenters. The van der Waals surface area contributed by atoms with Gasteiger partial charge in [-0.2, -0.15) is 0 Å². The molecule has 1 rings (SSSR count). The molecule has 60 valence electrons.